The van der Waals surface area contributed by atoms with Crippen molar-refractivity contribution >= 4 is 17.3 Å². The summed E-state index contributed by atoms with van der Waals surface area (Å²) in [6, 6.07) is 4.63. The van der Waals surface area contributed by atoms with Crippen molar-refractivity contribution in [1.29, 1.82) is 0 Å². The van der Waals surface area contributed by atoms with E-state index in [0.29, 0.717) is 6.04 Å². The number of hydrogen-bond acceptors (Lipinski definition) is 3. The van der Waals surface area contributed by atoms with Gasteiger partial charge in [-0.2, -0.15) is 0 Å². The van der Waals surface area contributed by atoms with E-state index in [9.17, 15) is 4.79 Å². The lowest BCUT2D eigenvalue weighted by atomic mass is 10.2. The molecule has 0 radical (unpaired) electrons. The number of aliphatic carboxylic acids is 1. The lowest BCUT2D eigenvalue weighted by Gasteiger charge is -2.25. The third-order valence-electron chi connectivity index (χ3n) is 2.51. The average molecular weight is 241 g/mol. The topological polar surface area (TPSA) is 40.5 Å². The Bertz CT molecular complexity index is 309. The van der Waals surface area contributed by atoms with Gasteiger partial charge < -0.3 is 5.11 Å². The summed E-state index contributed by atoms with van der Waals surface area (Å²) in [6.07, 6.45) is 0.979. The number of nitrogens with zero attached hydrogens (tertiary/aromatic N) is 1. The molecule has 90 valence electrons. The average Bonchev–Trinajstić information content (AvgIpc) is 2.68. The normalized spacial score (nSPS) is 11.2. The first-order valence-corrected chi connectivity index (χ1v) is 6.46. The zero-order valence-corrected chi connectivity index (χ0v) is 10.7. The third kappa shape index (κ3) is 4.77. The van der Waals surface area contributed by atoms with Gasteiger partial charge >= 0.3 is 5.97 Å². The molecule has 0 saturated heterocycles. The maximum atomic E-state index is 10.5. The summed E-state index contributed by atoms with van der Waals surface area (Å²) < 4.78 is 0. The second kappa shape index (κ2) is 6.66. The molecule has 0 unspecified atom stereocenters. The molecule has 16 heavy (non-hydrogen) atoms. The van der Waals surface area contributed by atoms with Crippen LogP contribution in [-0.2, 0) is 11.3 Å². The van der Waals surface area contributed by atoms with Gasteiger partial charge in [0.2, 0.25) is 0 Å². The number of hydrogen-bond donors (Lipinski definition) is 1. The van der Waals surface area contributed by atoms with Crippen LogP contribution in [0.25, 0.3) is 0 Å². The van der Waals surface area contributed by atoms with E-state index < -0.39 is 5.97 Å². The van der Waals surface area contributed by atoms with Gasteiger partial charge in [0.1, 0.15) is 0 Å². The first-order chi connectivity index (χ1) is 7.59. The Hall–Kier alpha value is -0.870. The summed E-state index contributed by atoms with van der Waals surface area (Å²) >= 11 is 1.75. The van der Waals surface area contributed by atoms with Gasteiger partial charge in [0.25, 0.3) is 0 Å². The fourth-order valence-electron chi connectivity index (χ4n) is 1.56. The molecule has 1 heterocycles. The smallest absolute Gasteiger partial charge is 0.303 e. The van der Waals surface area contributed by atoms with Crippen molar-refractivity contribution < 1.29 is 9.90 Å². The molecule has 0 atom stereocenters. The minimum atomic E-state index is -0.708. The molecule has 0 aromatic carbocycles. The Morgan fingerprint density at radius 1 is 1.56 bits per heavy atom. The molecule has 4 heteroatoms. The molecule has 0 aliphatic heterocycles. The fraction of sp³-hybridized carbons (Fsp3) is 0.583. The van der Waals surface area contributed by atoms with E-state index in [-0.39, 0.29) is 6.42 Å². The summed E-state index contributed by atoms with van der Waals surface area (Å²) in [4.78, 5) is 14.1. The highest BCUT2D eigenvalue weighted by Gasteiger charge is 2.11. The van der Waals surface area contributed by atoms with Gasteiger partial charge in [-0.05, 0) is 38.3 Å². The Labute approximate surface area is 101 Å². The molecule has 3 nitrogen and oxygen atoms in total. The lowest BCUT2D eigenvalue weighted by molar-refractivity contribution is -0.137. The number of thiophene rings is 1. The quantitative estimate of drug-likeness (QED) is 0.798. The van der Waals surface area contributed by atoms with Gasteiger partial charge in [0.15, 0.2) is 0 Å². The van der Waals surface area contributed by atoms with Crippen LogP contribution in [0.3, 0.4) is 0 Å². The second-order valence-electron chi connectivity index (χ2n) is 4.14. The zero-order valence-electron chi connectivity index (χ0n) is 9.85. The van der Waals surface area contributed by atoms with Gasteiger partial charge in [0.05, 0.1) is 0 Å². The van der Waals surface area contributed by atoms with Crippen molar-refractivity contribution in [2.75, 3.05) is 6.54 Å². The second-order valence-corrected chi connectivity index (χ2v) is 5.17. The molecule has 1 aromatic heterocycles. The van der Waals surface area contributed by atoms with Crippen LogP contribution in [0.1, 0.15) is 31.6 Å². The molecule has 1 N–H and O–H groups in total. The standard InChI is InChI=1S/C12H19NO2S/c1-10(2)13(7-3-6-12(14)15)9-11-5-4-8-16-11/h4-5,8,10H,3,6-7,9H2,1-2H3,(H,14,15). The number of rotatable bonds is 7. The van der Waals surface area contributed by atoms with Crippen molar-refractivity contribution in [2.24, 2.45) is 0 Å². The molecular formula is C12H19NO2S. The number of carboxylic acid groups (broad SMARTS) is 1. The monoisotopic (exact) mass is 241 g/mol. The van der Waals surface area contributed by atoms with Crippen molar-refractivity contribution in [3.8, 4) is 0 Å². The van der Waals surface area contributed by atoms with Crippen LogP contribution in [0.2, 0.25) is 0 Å². The van der Waals surface area contributed by atoms with E-state index in [2.05, 4.69) is 36.3 Å². The van der Waals surface area contributed by atoms with Crippen LogP contribution in [0, 0.1) is 0 Å². The summed E-state index contributed by atoms with van der Waals surface area (Å²) in [5.41, 5.74) is 0. The fourth-order valence-corrected chi connectivity index (χ4v) is 2.29. The van der Waals surface area contributed by atoms with E-state index >= 15 is 0 Å². The minimum Gasteiger partial charge on any atom is -0.481 e. The predicted octanol–water partition coefficient (Wildman–Crippen LogP) is 2.82. The van der Waals surface area contributed by atoms with E-state index in [1.807, 2.05) is 0 Å². The van der Waals surface area contributed by atoms with Gasteiger partial charge in [0, 0.05) is 23.9 Å². The van der Waals surface area contributed by atoms with Crippen molar-refractivity contribution in [3.05, 3.63) is 22.4 Å². The first kappa shape index (κ1) is 13.2. The van der Waals surface area contributed by atoms with Crippen LogP contribution >= 0.6 is 11.3 Å². The Kier molecular flexibility index (Phi) is 5.49. The number of carboxylic acids is 1. The lowest BCUT2D eigenvalue weighted by Crippen LogP contribution is -2.31. The van der Waals surface area contributed by atoms with Gasteiger partial charge in [-0.3, -0.25) is 9.69 Å². The molecule has 0 saturated carbocycles. The van der Waals surface area contributed by atoms with Crippen LogP contribution in [0.4, 0.5) is 0 Å². The molecule has 1 aromatic rings. The van der Waals surface area contributed by atoms with Crippen LogP contribution < -0.4 is 0 Å². The molecule has 0 fully saturated rings. The zero-order chi connectivity index (χ0) is 12.0. The Morgan fingerprint density at radius 2 is 2.31 bits per heavy atom. The molecule has 1 rings (SSSR count). The maximum absolute atomic E-state index is 10.5. The predicted molar refractivity (Wildman–Crippen MR) is 66.7 cm³/mol. The summed E-state index contributed by atoms with van der Waals surface area (Å²) in [5, 5.41) is 10.7. The summed E-state index contributed by atoms with van der Waals surface area (Å²) in [5.74, 6) is -0.708. The van der Waals surface area contributed by atoms with Crippen LogP contribution in [0.15, 0.2) is 17.5 Å². The maximum Gasteiger partial charge on any atom is 0.303 e. The van der Waals surface area contributed by atoms with Gasteiger partial charge in [-0.15, -0.1) is 11.3 Å². The van der Waals surface area contributed by atoms with Crippen LogP contribution in [-0.4, -0.2) is 28.6 Å². The van der Waals surface area contributed by atoms with E-state index in [1.54, 1.807) is 11.3 Å². The first-order valence-electron chi connectivity index (χ1n) is 5.58. The molecular weight excluding hydrogens is 222 g/mol. The van der Waals surface area contributed by atoms with E-state index in [1.165, 1.54) is 4.88 Å². The number of carbonyl (C=O) groups is 1. The van der Waals surface area contributed by atoms with E-state index in [0.717, 1.165) is 19.5 Å². The summed E-state index contributed by atoms with van der Waals surface area (Å²) in [7, 11) is 0. The SMILES string of the molecule is CC(C)N(CCCC(=O)O)Cc1cccs1. The van der Waals surface area contributed by atoms with E-state index in [4.69, 9.17) is 5.11 Å². The molecule has 0 aliphatic rings. The largest absolute Gasteiger partial charge is 0.481 e. The summed E-state index contributed by atoms with van der Waals surface area (Å²) in [6.45, 7) is 6.07. The molecule has 0 bridgehead atoms. The van der Waals surface area contributed by atoms with Gasteiger partial charge in [-0.25, -0.2) is 0 Å². The highest BCUT2D eigenvalue weighted by molar-refractivity contribution is 7.09. The Morgan fingerprint density at radius 3 is 2.81 bits per heavy atom. The highest BCUT2D eigenvalue weighted by Crippen LogP contribution is 2.14. The Balaban J connectivity index is 2.39. The molecule has 0 spiro atoms. The van der Waals surface area contributed by atoms with Crippen molar-refractivity contribution in [1.82, 2.24) is 4.90 Å². The van der Waals surface area contributed by atoms with Gasteiger partial charge in [-0.1, -0.05) is 6.07 Å². The van der Waals surface area contributed by atoms with Crippen molar-refractivity contribution in [2.45, 2.75) is 39.3 Å². The third-order valence-corrected chi connectivity index (χ3v) is 3.37. The molecule has 0 aliphatic carbocycles. The van der Waals surface area contributed by atoms with Crippen molar-refractivity contribution in [3.63, 3.8) is 0 Å². The van der Waals surface area contributed by atoms with Crippen LogP contribution in [0.5, 0.6) is 0 Å². The minimum absolute atomic E-state index is 0.258. The highest BCUT2D eigenvalue weighted by atomic mass is 32.1. The molecule has 0 amide bonds.